The zero-order chi connectivity index (χ0) is 30.5. The zero-order valence-electron chi connectivity index (χ0n) is 23.3. The molecule has 2 amide bonds. The third kappa shape index (κ3) is 6.61. The molecule has 1 aliphatic rings. The van der Waals surface area contributed by atoms with Gasteiger partial charge < -0.3 is 9.88 Å². The van der Waals surface area contributed by atoms with Gasteiger partial charge in [0, 0.05) is 6.42 Å². The topological polar surface area (TPSA) is 92.5 Å². The minimum absolute atomic E-state index is 0.00867. The molecule has 0 radical (unpaired) electrons. The van der Waals surface area contributed by atoms with E-state index < -0.39 is 11.7 Å². The predicted octanol–water partition coefficient (Wildman–Crippen LogP) is 6.07. The standard InChI is InChI=1S/C32H26F2N6O2S2/c33-23-14-12-22(13-15-23)27-17-26(28-11-6-16-43-28)38-40(27)30(41)20-44-32-37-36-29(39(32)19-21-7-2-1-3-8-21)18-35-31(42)24-9-4-5-10-25(24)34/h1-16,27H,17-20H2,(H,35,42)/t27-/m0/s1. The van der Waals surface area contributed by atoms with Crippen molar-refractivity contribution in [3.63, 3.8) is 0 Å². The number of carbonyl (C=O) groups is 2. The number of thioether (sulfide) groups is 1. The molecule has 44 heavy (non-hydrogen) atoms. The van der Waals surface area contributed by atoms with E-state index in [-0.39, 0.29) is 35.6 Å². The molecule has 2 aromatic heterocycles. The first kappa shape index (κ1) is 29.4. The summed E-state index contributed by atoms with van der Waals surface area (Å²) in [4.78, 5) is 27.3. The van der Waals surface area contributed by atoms with Crippen LogP contribution < -0.4 is 5.32 Å². The summed E-state index contributed by atoms with van der Waals surface area (Å²) < 4.78 is 29.6. The van der Waals surface area contributed by atoms with E-state index in [1.54, 1.807) is 29.5 Å². The summed E-state index contributed by atoms with van der Waals surface area (Å²) >= 11 is 2.76. The fourth-order valence-corrected chi connectivity index (χ4v) is 6.38. The molecule has 3 heterocycles. The number of hydrazone groups is 1. The number of amides is 2. The fourth-order valence-electron chi connectivity index (χ4n) is 4.85. The molecule has 0 aliphatic carbocycles. The van der Waals surface area contributed by atoms with Crippen molar-refractivity contribution in [1.82, 2.24) is 25.1 Å². The monoisotopic (exact) mass is 628 g/mol. The van der Waals surface area contributed by atoms with Crippen LogP contribution in [0.15, 0.2) is 107 Å². The first-order valence-corrected chi connectivity index (χ1v) is 15.6. The third-order valence-corrected chi connectivity index (χ3v) is 8.92. The van der Waals surface area contributed by atoms with E-state index in [1.807, 2.05) is 52.4 Å². The second-order valence-corrected chi connectivity index (χ2v) is 11.8. The number of nitrogens with one attached hydrogen (secondary N) is 1. The van der Waals surface area contributed by atoms with Gasteiger partial charge in [0.05, 0.1) is 41.0 Å². The number of aromatic nitrogens is 3. The maximum atomic E-state index is 14.1. The van der Waals surface area contributed by atoms with Crippen LogP contribution in [0, 0.1) is 11.6 Å². The lowest BCUT2D eigenvalue weighted by molar-refractivity contribution is -0.130. The Labute approximate surface area is 260 Å². The maximum Gasteiger partial charge on any atom is 0.254 e. The Balaban J connectivity index is 1.21. The van der Waals surface area contributed by atoms with Gasteiger partial charge in [0.25, 0.3) is 11.8 Å². The van der Waals surface area contributed by atoms with E-state index in [2.05, 4.69) is 20.6 Å². The molecule has 0 bridgehead atoms. The molecule has 1 N–H and O–H groups in total. The van der Waals surface area contributed by atoms with E-state index in [0.29, 0.717) is 23.9 Å². The van der Waals surface area contributed by atoms with Crippen molar-refractivity contribution in [3.8, 4) is 0 Å². The molecule has 0 saturated carbocycles. The number of benzene rings is 3. The second-order valence-electron chi connectivity index (χ2n) is 9.96. The molecule has 222 valence electrons. The van der Waals surface area contributed by atoms with Gasteiger partial charge in [-0.25, -0.2) is 13.8 Å². The molecule has 0 unspecified atom stereocenters. The van der Waals surface area contributed by atoms with E-state index in [1.165, 1.54) is 47.1 Å². The number of hydrogen-bond donors (Lipinski definition) is 1. The Hall–Kier alpha value is -4.68. The molecule has 6 rings (SSSR count). The van der Waals surface area contributed by atoms with Crippen molar-refractivity contribution in [2.45, 2.75) is 30.7 Å². The quantitative estimate of drug-likeness (QED) is 0.190. The maximum absolute atomic E-state index is 14.1. The van der Waals surface area contributed by atoms with Crippen LogP contribution in [-0.4, -0.2) is 43.1 Å². The molecule has 0 saturated heterocycles. The molecule has 12 heteroatoms. The van der Waals surface area contributed by atoms with Gasteiger partial charge in [0.2, 0.25) is 0 Å². The van der Waals surface area contributed by atoms with Crippen LogP contribution in [0.4, 0.5) is 8.78 Å². The largest absolute Gasteiger partial charge is 0.345 e. The lowest BCUT2D eigenvalue weighted by Gasteiger charge is -2.22. The Bertz CT molecular complexity index is 1790. The van der Waals surface area contributed by atoms with Gasteiger partial charge in [0.15, 0.2) is 11.0 Å². The van der Waals surface area contributed by atoms with Gasteiger partial charge in [-0.05, 0) is 46.8 Å². The minimum atomic E-state index is -0.615. The SMILES string of the molecule is O=C(NCc1nnc(SCC(=O)N2N=C(c3cccs3)C[C@H]2c2ccc(F)cc2)n1Cc1ccccc1)c1ccccc1F. The smallest absolute Gasteiger partial charge is 0.254 e. The van der Waals surface area contributed by atoms with Crippen molar-refractivity contribution in [2.24, 2.45) is 5.10 Å². The van der Waals surface area contributed by atoms with Crippen LogP contribution in [-0.2, 0) is 17.9 Å². The Morgan fingerprint density at radius 2 is 1.70 bits per heavy atom. The highest BCUT2D eigenvalue weighted by Gasteiger charge is 2.33. The van der Waals surface area contributed by atoms with Crippen LogP contribution >= 0.6 is 23.1 Å². The van der Waals surface area contributed by atoms with Crippen molar-refractivity contribution < 1.29 is 18.4 Å². The van der Waals surface area contributed by atoms with Crippen molar-refractivity contribution in [3.05, 3.63) is 135 Å². The second kappa shape index (κ2) is 13.3. The summed E-state index contributed by atoms with van der Waals surface area (Å²) in [6.07, 6.45) is 0.512. The molecule has 0 spiro atoms. The van der Waals surface area contributed by atoms with Gasteiger partial charge >= 0.3 is 0 Å². The number of halogens is 2. The highest BCUT2D eigenvalue weighted by molar-refractivity contribution is 7.99. The number of nitrogens with zero attached hydrogens (tertiary/aromatic N) is 5. The van der Waals surface area contributed by atoms with Crippen molar-refractivity contribution >= 4 is 40.6 Å². The molecule has 1 aliphatic heterocycles. The third-order valence-electron chi connectivity index (χ3n) is 7.05. The molecular weight excluding hydrogens is 603 g/mol. The fraction of sp³-hybridized carbons (Fsp3) is 0.156. The highest BCUT2D eigenvalue weighted by atomic mass is 32.2. The summed E-state index contributed by atoms with van der Waals surface area (Å²) in [6, 6.07) is 25.1. The van der Waals surface area contributed by atoms with E-state index in [0.717, 1.165) is 21.7 Å². The summed E-state index contributed by atoms with van der Waals surface area (Å²) in [5.41, 5.74) is 2.50. The molecular formula is C32H26F2N6O2S2. The lowest BCUT2D eigenvalue weighted by atomic mass is 10.0. The molecule has 5 aromatic rings. The molecule has 1 atom stereocenters. The van der Waals surface area contributed by atoms with Gasteiger partial charge in [-0.3, -0.25) is 9.59 Å². The first-order valence-electron chi connectivity index (χ1n) is 13.8. The van der Waals surface area contributed by atoms with Crippen molar-refractivity contribution in [2.75, 3.05) is 5.75 Å². The summed E-state index contributed by atoms with van der Waals surface area (Å²) in [5, 5.41) is 19.9. The Morgan fingerprint density at radius 1 is 0.932 bits per heavy atom. The summed E-state index contributed by atoms with van der Waals surface area (Å²) in [6.45, 7) is 0.409. The molecule has 3 aromatic carbocycles. The highest BCUT2D eigenvalue weighted by Crippen LogP contribution is 2.35. The van der Waals surface area contributed by atoms with Crippen LogP contribution in [0.25, 0.3) is 0 Å². The molecule has 8 nitrogen and oxygen atoms in total. The average molecular weight is 629 g/mol. The van der Waals surface area contributed by atoms with Crippen LogP contribution in [0.2, 0.25) is 0 Å². The van der Waals surface area contributed by atoms with E-state index >= 15 is 0 Å². The number of rotatable bonds is 10. The molecule has 0 fully saturated rings. The first-order chi connectivity index (χ1) is 21.5. The number of hydrogen-bond acceptors (Lipinski definition) is 7. The lowest BCUT2D eigenvalue weighted by Crippen LogP contribution is -2.28. The zero-order valence-corrected chi connectivity index (χ0v) is 24.9. The van der Waals surface area contributed by atoms with Gasteiger partial charge in [-0.2, -0.15) is 5.10 Å². The minimum Gasteiger partial charge on any atom is -0.345 e. The average Bonchev–Trinajstić information content (AvgIpc) is 3.81. The van der Waals surface area contributed by atoms with Gasteiger partial charge in [-0.15, -0.1) is 21.5 Å². The van der Waals surface area contributed by atoms with Crippen LogP contribution in [0.1, 0.15) is 44.6 Å². The van der Waals surface area contributed by atoms with E-state index in [4.69, 9.17) is 0 Å². The predicted molar refractivity (Wildman–Crippen MR) is 165 cm³/mol. The summed E-state index contributed by atoms with van der Waals surface area (Å²) in [7, 11) is 0. The normalized spacial score (nSPS) is 14.5. The van der Waals surface area contributed by atoms with Gasteiger partial charge in [-0.1, -0.05) is 72.4 Å². The Kier molecular flexibility index (Phi) is 8.89. The van der Waals surface area contributed by atoms with Crippen LogP contribution in [0.5, 0.6) is 0 Å². The van der Waals surface area contributed by atoms with Gasteiger partial charge in [0.1, 0.15) is 11.6 Å². The van der Waals surface area contributed by atoms with Crippen LogP contribution in [0.3, 0.4) is 0 Å². The Morgan fingerprint density at radius 3 is 2.45 bits per heavy atom. The van der Waals surface area contributed by atoms with Crippen molar-refractivity contribution in [1.29, 1.82) is 0 Å². The summed E-state index contributed by atoms with van der Waals surface area (Å²) in [5.74, 6) is -1.29. The number of carbonyl (C=O) groups excluding carboxylic acids is 2. The number of thiophene rings is 1. The van der Waals surface area contributed by atoms with E-state index in [9.17, 15) is 18.4 Å².